The van der Waals surface area contributed by atoms with Crippen molar-refractivity contribution in [3.05, 3.63) is 48.0 Å². The molecular formula is C19H27N5O. The van der Waals surface area contributed by atoms with Crippen molar-refractivity contribution in [2.75, 3.05) is 19.7 Å². The lowest BCUT2D eigenvalue weighted by Gasteiger charge is -2.34. The fourth-order valence-corrected chi connectivity index (χ4v) is 4.02. The van der Waals surface area contributed by atoms with Crippen molar-refractivity contribution in [1.82, 2.24) is 25.0 Å². The Labute approximate surface area is 149 Å². The van der Waals surface area contributed by atoms with Gasteiger partial charge in [-0.25, -0.2) is 0 Å². The van der Waals surface area contributed by atoms with Crippen LogP contribution in [0.15, 0.2) is 36.8 Å². The van der Waals surface area contributed by atoms with Gasteiger partial charge in [0, 0.05) is 50.9 Å². The van der Waals surface area contributed by atoms with E-state index in [4.69, 9.17) is 4.74 Å². The van der Waals surface area contributed by atoms with Gasteiger partial charge in [0.05, 0.1) is 5.69 Å². The molecule has 6 heteroatoms. The Hall–Kier alpha value is -1.76. The van der Waals surface area contributed by atoms with Gasteiger partial charge in [0.2, 0.25) is 0 Å². The van der Waals surface area contributed by atoms with Gasteiger partial charge in [-0.1, -0.05) is 0 Å². The van der Waals surface area contributed by atoms with Crippen molar-refractivity contribution in [2.45, 2.75) is 44.0 Å². The van der Waals surface area contributed by atoms with Crippen molar-refractivity contribution in [1.29, 1.82) is 0 Å². The third-order valence-electron chi connectivity index (χ3n) is 5.43. The molecule has 6 nitrogen and oxygen atoms in total. The quantitative estimate of drug-likeness (QED) is 0.900. The van der Waals surface area contributed by atoms with Crippen LogP contribution >= 0.6 is 0 Å². The normalized spacial score (nSPS) is 25.5. The summed E-state index contributed by atoms with van der Waals surface area (Å²) in [4.78, 5) is 6.63. The smallest absolute Gasteiger partial charge is 0.114 e. The predicted molar refractivity (Wildman–Crippen MR) is 96.0 cm³/mol. The number of hydrogen-bond acceptors (Lipinski definition) is 5. The predicted octanol–water partition coefficient (Wildman–Crippen LogP) is 1.90. The molecule has 0 radical (unpaired) electrons. The number of nitrogens with one attached hydrogen (secondary N) is 1. The Morgan fingerprint density at radius 3 is 2.64 bits per heavy atom. The first-order chi connectivity index (χ1) is 12.3. The second kappa shape index (κ2) is 7.64. The molecule has 2 aliphatic rings. The Morgan fingerprint density at radius 2 is 1.92 bits per heavy atom. The molecule has 2 atom stereocenters. The third-order valence-corrected chi connectivity index (χ3v) is 5.43. The van der Waals surface area contributed by atoms with Gasteiger partial charge in [0.25, 0.3) is 0 Å². The molecule has 25 heavy (non-hydrogen) atoms. The summed E-state index contributed by atoms with van der Waals surface area (Å²) in [5.41, 5.74) is 2.52. The lowest BCUT2D eigenvalue weighted by atomic mass is 10.00. The zero-order valence-electron chi connectivity index (χ0n) is 14.8. The van der Waals surface area contributed by atoms with Gasteiger partial charge >= 0.3 is 0 Å². The van der Waals surface area contributed by atoms with Crippen LogP contribution in [0, 0.1) is 0 Å². The molecule has 2 aliphatic heterocycles. The van der Waals surface area contributed by atoms with Gasteiger partial charge < -0.3 is 10.1 Å². The fraction of sp³-hybridized carbons (Fsp3) is 0.579. The maximum Gasteiger partial charge on any atom is 0.114 e. The highest BCUT2D eigenvalue weighted by molar-refractivity contribution is 5.11. The largest absolute Gasteiger partial charge is 0.370 e. The van der Waals surface area contributed by atoms with Crippen LogP contribution in [-0.4, -0.2) is 51.4 Å². The minimum Gasteiger partial charge on any atom is -0.370 e. The first kappa shape index (κ1) is 16.7. The number of ether oxygens (including phenoxy) is 1. The van der Waals surface area contributed by atoms with Crippen LogP contribution in [0.3, 0.4) is 0 Å². The van der Waals surface area contributed by atoms with Gasteiger partial charge in [-0.15, -0.1) is 0 Å². The fourth-order valence-electron chi connectivity index (χ4n) is 4.02. The second-order valence-electron chi connectivity index (χ2n) is 7.14. The molecule has 4 heterocycles. The van der Waals surface area contributed by atoms with Crippen LogP contribution < -0.4 is 5.32 Å². The number of piperidine rings is 1. The van der Waals surface area contributed by atoms with Crippen LogP contribution in [0.1, 0.15) is 36.6 Å². The van der Waals surface area contributed by atoms with E-state index in [2.05, 4.69) is 38.5 Å². The average Bonchev–Trinajstić information content (AvgIpc) is 3.26. The van der Waals surface area contributed by atoms with Gasteiger partial charge in [-0.05, 0) is 56.1 Å². The van der Waals surface area contributed by atoms with Gasteiger partial charge in [0.1, 0.15) is 6.10 Å². The Morgan fingerprint density at radius 1 is 1.12 bits per heavy atom. The molecule has 0 bridgehead atoms. The number of pyridine rings is 1. The van der Waals surface area contributed by atoms with Crippen LogP contribution in [0.5, 0.6) is 0 Å². The van der Waals surface area contributed by atoms with E-state index in [1.165, 1.54) is 24.1 Å². The minimum atomic E-state index is 0.127. The molecule has 2 aromatic rings. The molecule has 0 amide bonds. The van der Waals surface area contributed by atoms with Crippen molar-refractivity contribution in [2.24, 2.45) is 7.05 Å². The maximum atomic E-state index is 5.99. The van der Waals surface area contributed by atoms with Crippen LogP contribution in [0.2, 0.25) is 0 Å². The van der Waals surface area contributed by atoms with E-state index in [0.717, 1.165) is 32.7 Å². The first-order valence-corrected chi connectivity index (χ1v) is 9.26. The molecule has 134 valence electrons. The monoisotopic (exact) mass is 341 g/mol. The number of aryl methyl sites for hydroxylation is 1. The van der Waals surface area contributed by atoms with Crippen LogP contribution in [-0.2, 0) is 18.3 Å². The summed E-state index contributed by atoms with van der Waals surface area (Å²) in [5.74, 6) is 0. The summed E-state index contributed by atoms with van der Waals surface area (Å²) in [7, 11) is 1.99. The van der Waals surface area contributed by atoms with E-state index < -0.39 is 0 Å². The Bertz CT molecular complexity index is 665. The van der Waals surface area contributed by atoms with E-state index in [9.17, 15) is 0 Å². The lowest BCUT2D eigenvalue weighted by Crippen LogP contribution is -2.46. The molecule has 0 aliphatic carbocycles. The number of hydrogen-bond donors (Lipinski definition) is 1. The van der Waals surface area contributed by atoms with Crippen molar-refractivity contribution in [3.8, 4) is 0 Å². The number of aromatic nitrogens is 3. The summed E-state index contributed by atoms with van der Waals surface area (Å²) in [6.07, 6.45) is 9.20. The highest BCUT2D eigenvalue weighted by atomic mass is 16.5. The zero-order valence-corrected chi connectivity index (χ0v) is 14.8. The highest BCUT2D eigenvalue weighted by Crippen LogP contribution is 2.29. The molecule has 0 unspecified atom stereocenters. The molecule has 4 rings (SSSR count). The van der Waals surface area contributed by atoms with Crippen molar-refractivity contribution in [3.63, 3.8) is 0 Å². The summed E-state index contributed by atoms with van der Waals surface area (Å²) in [6, 6.07) is 7.27. The highest BCUT2D eigenvalue weighted by Gasteiger charge is 2.33. The Balaban J connectivity index is 1.29. The van der Waals surface area contributed by atoms with Crippen LogP contribution in [0.25, 0.3) is 0 Å². The average molecular weight is 341 g/mol. The van der Waals surface area contributed by atoms with Gasteiger partial charge in [-0.2, -0.15) is 5.10 Å². The maximum absolute atomic E-state index is 5.99. The molecule has 1 N–H and O–H groups in total. The molecule has 0 spiro atoms. The van der Waals surface area contributed by atoms with Gasteiger partial charge in [0.15, 0.2) is 0 Å². The minimum absolute atomic E-state index is 0.127. The van der Waals surface area contributed by atoms with E-state index in [-0.39, 0.29) is 6.10 Å². The summed E-state index contributed by atoms with van der Waals surface area (Å²) < 4.78 is 7.93. The molecular weight excluding hydrogens is 314 g/mol. The van der Waals surface area contributed by atoms with Crippen molar-refractivity contribution < 1.29 is 4.74 Å². The molecule has 2 saturated heterocycles. The molecule has 2 aromatic heterocycles. The summed E-state index contributed by atoms with van der Waals surface area (Å²) in [5, 5.41) is 8.16. The summed E-state index contributed by atoms with van der Waals surface area (Å²) in [6.45, 7) is 4.14. The van der Waals surface area contributed by atoms with E-state index in [0.29, 0.717) is 12.1 Å². The zero-order chi connectivity index (χ0) is 17.1. The van der Waals surface area contributed by atoms with Crippen molar-refractivity contribution >= 4 is 0 Å². The van der Waals surface area contributed by atoms with E-state index in [1.807, 2.05) is 30.3 Å². The van der Waals surface area contributed by atoms with Gasteiger partial charge in [-0.3, -0.25) is 14.6 Å². The first-order valence-electron chi connectivity index (χ1n) is 9.26. The number of nitrogens with zero attached hydrogens (tertiary/aromatic N) is 4. The third kappa shape index (κ3) is 3.92. The number of likely N-dealkylation sites (tertiary alicyclic amines) is 1. The lowest BCUT2D eigenvalue weighted by molar-refractivity contribution is 0.0857. The van der Waals surface area contributed by atoms with E-state index >= 15 is 0 Å². The molecule has 0 aromatic carbocycles. The topological polar surface area (TPSA) is 55.2 Å². The van der Waals surface area contributed by atoms with Crippen LogP contribution in [0.4, 0.5) is 0 Å². The standard InChI is InChI=1S/C19H27N5O/c1-23-18(4-10-21-23)19-17(7-13-25-19)22-16-5-11-24(12-6-16)14-15-2-8-20-9-3-15/h2-4,8-10,16-17,19,22H,5-7,11-14H2,1H3/t17-,19-/m0/s1. The molecule has 2 fully saturated rings. The molecule has 0 saturated carbocycles. The second-order valence-corrected chi connectivity index (χ2v) is 7.14. The number of rotatable bonds is 5. The Kier molecular flexibility index (Phi) is 5.10. The summed E-state index contributed by atoms with van der Waals surface area (Å²) >= 11 is 0. The van der Waals surface area contributed by atoms with E-state index in [1.54, 1.807) is 0 Å². The SMILES string of the molecule is Cn1nccc1[C@H]1OCC[C@@H]1NC1CCN(Cc2ccncc2)CC1.